The number of H-pyrrole nitrogens is 1. The van der Waals surface area contributed by atoms with Gasteiger partial charge in [-0.1, -0.05) is 0 Å². The van der Waals surface area contributed by atoms with Gasteiger partial charge in [0.25, 0.3) is 0 Å². The van der Waals surface area contributed by atoms with E-state index in [1.54, 1.807) is 5.10 Å². The molecule has 0 aliphatic heterocycles. The van der Waals surface area contributed by atoms with E-state index in [0.717, 1.165) is 0 Å². The lowest BCUT2D eigenvalue weighted by Crippen LogP contribution is -2.34. The molecule has 0 saturated heterocycles. The molecule has 0 fully saturated rings. The molecule has 0 aliphatic carbocycles. The predicted molar refractivity (Wildman–Crippen MR) is 26.3 cm³/mol. The molecule has 1 rings (SSSR count). The largest absolute Gasteiger partial charge is 0.461 e. The Kier molecular flexibility index (Phi) is 1.77. The maximum absolute atomic E-state index is 12.2. The van der Waals surface area contributed by atoms with Crippen LogP contribution in [-0.2, 0) is 5.92 Å². The van der Waals surface area contributed by atoms with Gasteiger partial charge in [0.05, 0.1) is 0 Å². The Morgan fingerprint density at radius 1 is 1.17 bits per heavy atom. The van der Waals surface area contributed by atoms with E-state index in [0.29, 0.717) is 6.33 Å². The fourth-order valence-electron chi connectivity index (χ4n) is 0.487. The monoisotopic (exact) mass is 187 g/mol. The van der Waals surface area contributed by atoms with E-state index in [1.165, 1.54) is 0 Å². The van der Waals surface area contributed by atoms with Crippen molar-refractivity contribution in [3.8, 4) is 0 Å². The van der Waals surface area contributed by atoms with Gasteiger partial charge in [-0.15, -0.1) is 0 Å². The number of nitrogens with zero attached hydrogens (tertiary/aromatic N) is 2. The highest BCUT2D eigenvalue weighted by Crippen LogP contribution is 2.41. The topological polar surface area (TPSA) is 41.6 Å². The highest BCUT2D eigenvalue weighted by atomic mass is 19.4. The van der Waals surface area contributed by atoms with Crippen molar-refractivity contribution in [1.82, 2.24) is 15.2 Å². The number of halogens is 5. The van der Waals surface area contributed by atoms with Crippen LogP contribution < -0.4 is 0 Å². The second-order valence-electron chi connectivity index (χ2n) is 1.89. The zero-order chi connectivity index (χ0) is 9.41. The van der Waals surface area contributed by atoms with E-state index in [2.05, 4.69) is 10.1 Å². The minimum atomic E-state index is -5.66. The molecule has 1 aromatic heterocycles. The first-order valence-electron chi connectivity index (χ1n) is 2.66. The predicted octanol–water partition coefficient (Wildman–Crippen LogP) is 1.46. The summed E-state index contributed by atoms with van der Waals surface area (Å²) in [6.07, 6.45) is -5.01. The van der Waals surface area contributed by atoms with Crippen LogP contribution in [0.15, 0.2) is 6.33 Å². The highest BCUT2D eigenvalue weighted by Gasteiger charge is 2.61. The number of aromatic nitrogens is 3. The molecule has 12 heavy (non-hydrogen) atoms. The summed E-state index contributed by atoms with van der Waals surface area (Å²) in [6, 6.07) is 0. The van der Waals surface area contributed by atoms with Crippen LogP contribution in [0.4, 0.5) is 22.0 Å². The molecule has 0 unspecified atom stereocenters. The number of rotatable bonds is 1. The van der Waals surface area contributed by atoms with Crippen LogP contribution in [0.5, 0.6) is 0 Å². The summed E-state index contributed by atoms with van der Waals surface area (Å²) in [6.45, 7) is 0. The first-order chi connectivity index (χ1) is 5.36. The summed E-state index contributed by atoms with van der Waals surface area (Å²) in [5.74, 6) is -6.57. The zero-order valence-corrected chi connectivity index (χ0v) is 5.36. The van der Waals surface area contributed by atoms with Gasteiger partial charge in [-0.3, -0.25) is 5.10 Å². The summed E-state index contributed by atoms with van der Waals surface area (Å²) in [4.78, 5) is 2.72. The Hall–Kier alpha value is -1.21. The second-order valence-corrected chi connectivity index (χ2v) is 1.89. The van der Waals surface area contributed by atoms with Gasteiger partial charge in [0, 0.05) is 0 Å². The van der Waals surface area contributed by atoms with Crippen molar-refractivity contribution < 1.29 is 22.0 Å². The van der Waals surface area contributed by atoms with Gasteiger partial charge in [-0.25, -0.2) is 4.98 Å². The van der Waals surface area contributed by atoms with Crippen molar-refractivity contribution in [3.05, 3.63) is 12.2 Å². The summed E-state index contributed by atoms with van der Waals surface area (Å²) in [5.41, 5.74) is 0. The molecule has 0 spiro atoms. The third-order valence-corrected chi connectivity index (χ3v) is 1.05. The first-order valence-corrected chi connectivity index (χ1v) is 2.66. The van der Waals surface area contributed by atoms with Crippen molar-refractivity contribution in [1.29, 1.82) is 0 Å². The summed E-state index contributed by atoms with van der Waals surface area (Å²) in [5, 5.41) is 4.42. The molecule has 1 N–H and O–H groups in total. The average Bonchev–Trinajstić information content (AvgIpc) is 2.34. The number of nitrogens with one attached hydrogen (secondary N) is 1. The second kappa shape index (κ2) is 2.39. The molecule has 0 aliphatic rings. The Morgan fingerprint density at radius 2 is 1.75 bits per heavy atom. The van der Waals surface area contributed by atoms with Crippen molar-refractivity contribution in [2.75, 3.05) is 0 Å². The van der Waals surface area contributed by atoms with Gasteiger partial charge in [0.1, 0.15) is 6.33 Å². The van der Waals surface area contributed by atoms with Gasteiger partial charge >= 0.3 is 12.1 Å². The van der Waals surface area contributed by atoms with Gasteiger partial charge < -0.3 is 0 Å². The smallest absolute Gasteiger partial charge is 0.266 e. The zero-order valence-electron chi connectivity index (χ0n) is 5.36. The Balaban J connectivity index is 3.02. The van der Waals surface area contributed by atoms with E-state index in [1.807, 2.05) is 0 Å². The summed E-state index contributed by atoms with van der Waals surface area (Å²) >= 11 is 0. The van der Waals surface area contributed by atoms with Gasteiger partial charge in [0.2, 0.25) is 5.82 Å². The van der Waals surface area contributed by atoms with E-state index in [4.69, 9.17) is 0 Å². The standard InChI is InChI=1S/C4H2F5N3/c5-3(6,4(7,8)9)2-10-1-11-12-2/h1H,(H,10,11,12). The molecule has 8 heteroatoms. The molecule has 0 saturated carbocycles. The number of alkyl halides is 5. The minimum Gasteiger partial charge on any atom is -0.266 e. The average molecular weight is 187 g/mol. The third-order valence-electron chi connectivity index (χ3n) is 1.05. The summed E-state index contributed by atoms with van der Waals surface area (Å²) < 4.78 is 59.1. The van der Waals surface area contributed by atoms with Crippen molar-refractivity contribution >= 4 is 0 Å². The van der Waals surface area contributed by atoms with Crippen LogP contribution >= 0.6 is 0 Å². The van der Waals surface area contributed by atoms with Crippen molar-refractivity contribution in [2.45, 2.75) is 12.1 Å². The van der Waals surface area contributed by atoms with Crippen LogP contribution in [0.25, 0.3) is 0 Å². The van der Waals surface area contributed by atoms with Crippen LogP contribution in [-0.4, -0.2) is 21.4 Å². The minimum absolute atomic E-state index is 0.648. The molecule has 68 valence electrons. The first kappa shape index (κ1) is 8.88. The van der Waals surface area contributed by atoms with Gasteiger partial charge in [0.15, 0.2) is 0 Å². The number of aromatic amines is 1. The number of hydrogen-bond acceptors (Lipinski definition) is 2. The molecule has 0 atom stereocenters. The Morgan fingerprint density at radius 3 is 2.08 bits per heavy atom. The maximum Gasteiger partial charge on any atom is 0.461 e. The maximum atomic E-state index is 12.2. The van der Waals surface area contributed by atoms with E-state index < -0.39 is 17.9 Å². The fourth-order valence-corrected chi connectivity index (χ4v) is 0.487. The van der Waals surface area contributed by atoms with E-state index in [-0.39, 0.29) is 0 Å². The molecule has 0 bridgehead atoms. The SMILES string of the molecule is FC(F)(F)C(F)(F)c1nc[nH]n1. The third kappa shape index (κ3) is 1.23. The Bertz CT molecular complexity index is 250. The summed E-state index contributed by atoms with van der Waals surface area (Å²) in [7, 11) is 0. The highest BCUT2D eigenvalue weighted by molar-refractivity contribution is 4.96. The Labute approximate surface area is 62.6 Å². The van der Waals surface area contributed by atoms with Gasteiger partial charge in [-0.05, 0) is 0 Å². The fraction of sp³-hybridized carbons (Fsp3) is 0.500. The van der Waals surface area contributed by atoms with E-state index >= 15 is 0 Å². The molecule has 0 aromatic carbocycles. The molecular formula is C4H2F5N3. The quantitative estimate of drug-likeness (QED) is 0.676. The van der Waals surface area contributed by atoms with Crippen molar-refractivity contribution in [2.24, 2.45) is 0 Å². The van der Waals surface area contributed by atoms with Crippen LogP contribution in [0, 0.1) is 0 Å². The lowest BCUT2D eigenvalue weighted by Gasteiger charge is -2.15. The van der Waals surface area contributed by atoms with Crippen LogP contribution in [0.2, 0.25) is 0 Å². The normalized spacial score (nSPS) is 13.4. The van der Waals surface area contributed by atoms with E-state index in [9.17, 15) is 22.0 Å². The molecular weight excluding hydrogens is 185 g/mol. The molecule has 1 aromatic rings. The molecule has 3 nitrogen and oxygen atoms in total. The number of hydrogen-bond donors (Lipinski definition) is 1. The van der Waals surface area contributed by atoms with Crippen LogP contribution in [0.1, 0.15) is 5.82 Å². The molecule has 0 amide bonds. The van der Waals surface area contributed by atoms with Crippen LogP contribution in [0.3, 0.4) is 0 Å². The van der Waals surface area contributed by atoms with Gasteiger partial charge in [-0.2, -0.15) is 27.1 Å². The van der Waals surface area contributed by atoms with Crippen molar-refractivity contribution in [3.63, 3.8) is 0 Å². The lowest BCUT2D eigenvalue weighted by molar-refractivity contribution is -0.292. The molecule has 0 radical (unpaired) electrons. The lowest BCUT2D eigenvalue weighted by atomic mass is 10.3. The molecule has 1 heterocycles.